The third-order valence-electron chi connectivity index (χ3n) is 4.43. The van der Waals surface area contributed by atoms with Crippen molar-refractivity contribution in [2.75, 3.05) is 26.4 Å². The van der Waals surface area contributed by atoms with Gasteiger partial charge in [0.05, 0.1) is 18.6 Å². The minimum atomic E-state index is -0.881. The Balaban J connectivity index is 2.04. The average Bonchev–Trinajstić information content (AvgIpc) is 2.70. The molecule has 0 amide bonds. The van der Waals surface area contributed by atoms with Crippen molar-refractivity contribution >= 4 is 11.6 Å². The molecule has 6 heteroatoms. The fourth-order valence-electron chi connectivity index (χ4n) is 2.59. The smallest absolute Gasteiger partial charge is 0.119 e. The standard InChI is InChI=1S/C21H27ClO5/c1-21(2,15-3-7-19(8-4-15)26-13-17(22)11-23)16-5-9-20(10-6-16)27-14-18(25)12-24/h3-10,17-18,23-25H,11-14H2,1-2H3/t17?,18-/m1/s1. The van der Waals surface area contributed by atoms with Crippen molar-refractivity contribution in [2.45, 2.75) is 30.7 Å². The summed E-state index contributed by atoms with van der Waals surface area (Å²) in [6, 6.07) is 15.5. The predicted octanol–water partition coefficient (Wildman–Crippen LogP) is 2.72. The van der Waals surface area contributed by atoms with Gasteiger partial charge >= 0.3 is 0 Å². The van der Waals surface area contributed by atoms with E-state index in [0.29, 0.717) is 11.5 Å². The van der Waals surface area contributed by atoms with Gasteiger partial charge in [0.1, 0.15) is 30.8 Å². The van der Waals surface area contributed by atoms with Crippen LogP contribution in [0, 0.1) is 0 Å². The van der Waals surface area contributed by atoms with E-state index in [4.69, 9.17) is 31.3 Å². The Hall–Kier alpha value is -1.79. The van der Waals surface area contributed by atoms with Crippen LogP contribution in [0.4, 0.5) is 0 Å². The number of ether oxygens (including phenoxy) is 2. The van der Waals surface area contributed by atoms with Crippen LogP contribution in [0.1, 0.15) is 25.0 Å². The summed E-state index contributed by atoms with van der Waals surface area (Å²) in [5.41, 5.74) is 2.03. The van der Waals surface area contributed by atoms with Crippen LogP contribution < -0.4 is 9.47 Å². The van der Waals surface area contributed by atoms with E-state index in [1.165, 1.54) is 0 Å². The quantitative estimate of drug-likeness (QED) is 0.540. The summed E-state index contributed by atoms with van der Waals surface area (Å²) in [5.74, 6) is 1.35. The van der Waals surface area contributed by atoms with Crippen molar-refractivity contribution in [3.05, 3.63) is 59.7 Å². The molecule has 0 fully saturated rings. The zero-order valence-electron chi connectivity index (χ0n) is 15.6. The molecule has 148 valence electrons. The monoisotopic (exact) mass is 394 g/mol. The summed E-state index contributed by atoms with van der Waals surface area (Å²) in [6.07, 6.45) is -0.881. The number of alkyl halides is 1. The van der Waals surface area contributed by atoms with E-state index in [2.05, 4.69) is 13.8 Å². The highest BCUT2D eigenvalue weighted by molar-refractivity contribution is 6.20. The summed E-state index contributed by atoms with van der Waals surface area (Å²) in [4.78, 5) is 0. The first kappa shape index (κ1) is 21.5. The lowest BCUT2D eigenvalue weighted by atomic mass is 9.78. The van der Waals surface area contributed by atoms with Gasteiger partial charge in [-0.2, -0.15) is 0 Å². The highest BCUT2D eigenvalue weighted by atomic mass is 35.5. The van der Waals surface area contributed by atoms with E-state index < -0.39 is 11.5 Å². The molecule has 2 rings (SSSR count). The minimum Gasteiger partial charge on any atom is -0.492 e. The van der Waals surface area contributed by atoms with Crippen LogP contribution in [0.3, 0.4) is 0 Å². The topological polar surface area (TPSA) is 79.2 Å². The molecule has 5 nitrogen and oxygen atoms in total. The molecule has 0 radical (unpaired) electrons. The van der Waals surface area contributed by atoms with Crippen molar-refractivity contribution in [1.82, 2.24) is 0 Å². The molecule has 0 aliphatic carbocycles. The van der Waals surface area contributed by atoms with Crippen LogP contribution in [-0.4, -0.2) is 53.2 Å². The molecule has 2 atom stereocenters. The van der Waals surface area contributed by atoms with Gasteiger partial charge in [0.2, 0.25) is 0 Å². The van der Waals surface area contributed by atoms with Gasteiger partial charge in [0.25, 0.3) is 0 Å². The van der Waals surface area contributed by atoms with E-state index in [1.54, 1.807) is 0 Å². The maximum atomic E-state index is 9.35. The third kappa shape index (κ3) is 6.11. The van der Waals surface area contributed by atoms with Crippen molar-refractivity contribution in [1.29, 1.82) is 0 Å². The molecule has 0 saturated carbocycles. The lowest BCUT2D eigenvalue weighted by Crippen LogP contribution is -2.21. The summed E-state index contributed by atoms with van der Waals surface area (Å²) < 4.78 is 11.0. The highest BCUT2D eigenvalue weighted by Crippen LogP contribution is 2.33. The second kappa shape index (κ2) is 9.95. The van der Waals surface area contributed by atoms with Gasteiger partial charge in [0, 0.05) is 5.41 Å². The Labute approximate surface area is 165 Å². The van der Waals surface area contributed by atoms with Gasteiger partial charge in [-0.3, -0.25) is 0 Å². The SMILES string of the molecule is CC(C)(c1ccc(OCC(Cl)CO)cc1)c1ccc(OC[C@H](O)CO)cc1. The molecule has 0 aromatic heterocycles. The Bertz CT molecular complexity index is 625. The highest BCUT2D eigenvalue weighted by Gasteiger charge is 2.23. The Morgan fingerprint density at radius 1 is 0.815 bits per heavy atom. The Morgan fingerprint density at radius 3 is 1.67 bits per heavy atom. The molecule has 0 heterocycles. The van der Waals surface area contributed by atoms with Gasteiger partial charge in [-0.1, -0.05) is 38.1 Å². The first-order valence-corrected chi connectivity index (χ1v) is 9.31. The summed E-state index contributed by atoms with van der Waals surface area (Å²) >= 11 is 5.85. The van der Waals surface area contributed by atoms with Gasteiger partial charge < -0.3 is 24.8 Å². The lowest BCUT2D eigenvalue weighted by Gasteiger charge is -2.26. The largest absolute Gasteiger partial charge is 0.492 e. The van der Waals surface area contributed by atoms with E-state index in [0.717, 1.165) is 11.1 Å². The first-order valence-electron chi connectivity index (χ1n) is 8.87. The number of hydrogen-bond donors (Lipinski definition) is 3. The van der Waals surface area contributed by atoms with Gasteiger partial charge in [-0.05, 0) is 35.4 Å². The van der Waals surface area contributed by atoms with Crippen molar-refractivity contribution in [3.63, 3.8) is 0 Å². The molecule has 3 N–H and O–H groups in total. The number of hydrogen-bond acceptors (Lipinski definition) is 5. The normalized spacial score (nSPS) is 13.9. The van der Waals surface area contributed by atoms with Crippen LogP contribution in [-0.2, 0) is 5.41 Å². The molecule has 0 spiro atoms. The Kier molecular flexibility index (Phi) is 7.92. The molecule has 0 saturated heterocycles. The third-order valence-corrected chi connectivity index (χ3v) is 4.70. The molecular weight excluding hydrogens is 368 g/mol. The Morgan fingerprint density at radius 2 is 1.26 bits per heavy atom. The second-order valence-corrected chi connectivity index (χ2v) is 7.53. The number of aliphatic hydroxyl groups is 3. The number of benzene rings is 2. The number of rotatable bonds is 10. The molecule has 2 aromatic rings. The van der Waals surface area contributed by atoms with Crippen molar-refractivity contribution in [3.8, 4) is 11.5 Å². The second-order valence-electron chi connectivity index (χ2n) is 6.91. The summed E-state index contributed by atoms with van der Waals surface area (Å²) in [5, 5.41) is 26.7. The van der Waals surface area contributed by atoms with Gasteiger partial charge in [0.15, 0.2) is 0 Å². The van der Waals surface area contributed by atoms with Crippen molar-refractivity contribution in [2.24, 2.45) is 0 Å². The van der Waals surface area contributed by atoms with E-state index >= 15 is 0 Å². The van der Waals surface area contributed by atoms with E-state index in [9.17, 15) is 5.11 Å². The van der Waals surface area contributed by atoms with E-state index in [-0.39, 0.29) is 31.8 Å². The fourth-order valence-corrected chi connectivity index (χ4v) is 2.65. The molecular formula is C21H27ClO5. The zero-order chi connectivity index (χ0) is 19.9. The zero-order valence-corrected chi connectivity index (χ0v) is 16.4. The molecule has 0 aliphatic rings. The first-order chi connectivity index (χ1) is 12.9. The minimum absolute atomic E-state index is 0.0557. The lowest BCUT2D eigenvalue weighted by molar-refractivity contribution is 0.0536. The molecule has 2 aromatic carbocycles. The van der Waals surface area contributed by atoms with Crippen LogP contribution in [0.2, 0.25) is 0 Å². The van der Waals surface area contributed by atoms with Gasteiger partial charge in [-0.25, -0.2) is 0 Å². The molecule has 27 heavy (non-hydrogen) atoms. The van der Waals surface area contributed by atoms with E-state index in [1.807, 2.05) is 48.5 Å². The maximum absolute atomic E-state index is 9.35. The number of aliphatic hydroxyl groups excluding tert-OH is 3. The van der Waals surface area contributed by atoms with Crippen LogP contribution in [0.25, 0.3) is 0 Å². The van der Waals surface area contributed by atoms with Crippen LogP contribution in [0.5, 0.6) is 11.5 Å². The molecule has 0 aliphatic heterocycles. The maximum Gasteiger partial charge on any atom is 0.119 e. The van der Waals surface area contributed by atoms with Crippen molar-refractivity contribution < 1.29 is 24.8 Å². The predicted molar refractivity (Wildman–Crippen MR) is 106 cm³/mol. The summed E-state index contributed by atoms with van der Waals surface area (Å²) in [7, 11) is 0. The molecule has 0 bridgehead atoms. The molecule has 1 unspecified atom stereocenters. The average molecular weight is 395 g/mol. The van der Waals surface area contributed by atoms with Crippen LogP contribution in [0.15, 0.2) is 48.5 Å². The van der Waals surface area contributed by atoms with Crippen LogP contribution >= 0.6 is 11.6 Å². The number of halogens is 1. The van der Waals surface area contributed by atoms with Gasteiger partial charge in [-0.15, -0.1) is 11.6 Å². The summed E-state index contributed by atoms with van der Waals surface area (Å²) in [6.45, 7) is 4.14. The fraction of sp³-hybridized carbons (Fsp3) is 0.429.